The smallest absolute Gasteiger partial charge is 0.217 e. The van der Waals surface area contributed by atoms with Crippen LogP contribution in [0.5, 0.6) is 0 Å². The Kier molecular flexibility index (Phi) is 2.74. The molecular formula is C14H15N5O. The molecule has 1 aromatic carbocycles. The lowest BCUT2D eigenvalue weighted by molar-refractivity contribution is 0.485. The molecule has 6 nitrogen and oxygen atoms in total. The Labute approximate surface area is 115 Å². The van der Waals surface area contributed by atoms with Crippen molar-refractivity contribution >= 4 is 11.1 Å². The topological polar surface area (TPSA) is 68.8 Å². The Bertz CT molecular complexity index is 695. The number of hydrogen-bond acceptors (Lipinski definition) is 5. The van der Waals surface area contributed by atoms with Crippen LogP contribution in [-0.4, -0.2) is 26.0 Å². The van der Waals surface area contributed by atoms with E-state index >= 15 is 0 Å². The van der Waals surface area contributed by atoms with E-state index in [-0.39, 0.29) is 0 Å². The number of fused-ring (bicyclic) bond motifs is 1. The molecule has 0 spiro atoms. The zero-order chi connectivity index (χ0) is 13.4. The maximum atomic E-state index is 5.67. The first-order valence-corrected chi connectivity index (χ1v) is 6.84. The van der Waals surface area contributed by atoms with Crippen molar-refractivity contribution in [3.05, 3.63) is 42.0 Å². The fraction of sp³-hybridized carbons (Fsp3) is 0.357. The molecule has 0 unspecified atom stereocenters. The van der Waals surface area contributed by atoms with Gasteiger partial charge in [-0.05, 0) is 25.0 Å². The van der Waals surface area contributed by atoms with Gasteiger partial charge >= 0.3 is 0 Å². The molecule has 0 saturated heterocycles. The van der Waals surface area contributed by atoms with Crippen molar-refractivity contribution in [2.45, 2.75) is 32.0 Å². The lowest BCUT2D eigenvalue weighted by Crippen LogP contribution is -2.15. The molecule has 1 N–H and O–H groups in total. The van der Waals surface area contributed by atoms with E-state index in [0.717, 1.165) is 23.3 Å². The van der Waals surface area contributed by atoms with Gasteiger partial charge in [0.25, 0.3) is 0 Å². The standard InChI is InChI=1S/C14H15N5O/c1-2-4-13-12(3-1)16-14(20-13)9-19-8-11(17-18-19)7-15-10-5-6-10/h1-4,8,10,15H,5-7,9H2. The Morgan fingerprint density at radius 2 is 2.20 bits per heavy atom. The molecule has 2 aromatic heterocycles. The molecule has 0 amide bonds. The third-order valence-corrected chi connectivity index (χ3v) is 3.37. The lowest BCUT2D eigenvalue weighted by Gasteiger charge is -1.96. The Hall–Kier alpha value is -2.21. The number of nitrogens with zero attached hydrogens (tertiary/aromatic N) is 4. The van der Waals surface area contributed by atoms with E-state index in [1.54, 1.807) is 4.68 Å². The van der Waals surface area contributed by atoms with Gasteiger partial charge < -0.3 is 9.73 Å². The predicted molar refractivity (Wildman–Crippen MR) is 73.0 cm³/mol. The van der Waals surface area contributed by atoms with E-state index in [2.05, 4.69) is 20.6 Å². The average Bonchev–Trinajstić information content (AvgIpc) is 3.04. The van der Waals surface area contributed by atoms with Crippen molar-refractivity contribution in [1.82, 2.24) is 25.3 Å². The van der Waals surface area contributed by atoms with Gasteiger partial charge in [0.1, 0.15) is 12.1 Å². The fourth-order valence-corrected chi connectivity index (χ4v) is 2.16. The minimum atomic E-state index is 0.505. The molecule has 1 saturated carbocycles. The summed E-state index contributed by atoms with van der Waals surface area (Å²) in [6, 6.07) is 8.42. The minimum absolute atomic E-state index is 0.505. The first kappa shape index (κ1) is 11.6. The van der Waals surface area contributed by atoms with Crippen LogP contribution in [0.15, 0.2) is 34.9 Å². The zero-order valence-electron chi connectivity index (χ0n) is 11.0. The normalized spacial score (nSPS) is 15.0. The minimum Gasteiger partial charge on any atom is -0.439 e. The van der Waals surface area contributed by atoms with E-state index in [1.165, 1.54) is 12.8 Å². The van der Waals surface area contributed by atoms with Crippen LogP contribution in [-0.2, 0) is 13.1 Å². The highest BCUT2D eigenvalue weighted by molar-refractivity contribution is 5.72. The second kappa shape index (κ2) is 4.72. The molecule has 2 heterocycles. The van der Waals surface area contributed by atoms with Crippen LogP contribution in [0.3, 0.4) is 0 Å². The summed E-state index contributed by atoms with van der Waals surface area (Å²) in [5.41, 5.74) is 2.63. The van der Waals surface area contributed by atoms with E-state index in [0.29, 0.717) is 18.5 Å². The average molecular weight is 269 g/mol. The lowest BCUT2D eigenvalue weighted by atomic mass is 10.3. The number of rotatable bonds is 5. The molecule has 6 heteroatoms. The van der Waals surface area contributed by atoms with Crippen LogP contribution in [0.2, 0.25) is 0 Å². The van der Waals surface area contributed by atoms with Crippen LogP contribution in [0.4, 0.5) is 0 Å². The van der Waals surface area contributed by atoms with Crippen LogP contribution < -0.4 is 5.32 Å². The molecule has 1 fully saturated rings. The van der Waals surface area contributed by atoms with Gasteiger partial charge in [-0.25, -0.2) is 9.67 Å². The SMILES string of the molecule is c1ccc2oc(Cn3cc(CNC4CC4)nn3)nc2c1. The predicted octanol–water partition coefficient (Wildman–Crippen LogP) is 1.72. The second-order valence-electron chi connectivity index (χ2n) is 5.14. The first-order valence-electron chi connectivity index (χ1n) is 6.84. The van der Waals surface area contributed by atoms with Gasteiger partial charge in [0, 0.05) is 12.6 Å². The summed E-state index contributed by atoms with van der Waals surface area (Å²) >= 11 is 0. The Morgan fingerprint density at radius 3 is 3.05 bits per heavy atom. The van der Waals surface area contributed by atoms with E-state index < -0.39 is 0 Å². The van der Waals surface area contributed by atoms with Gasteiger partial charge in [-0.3, -0.25) is 0 Å². The van der Waals surface area contributed by atoms with E-state index in [9.17, 15) is 0 Å². The molecule has 0 radical (unpaired) electrons. The Morgan fingerprint density at radius 1 is 1.30 bits per heavy atom. The highest BCUT2D eigenvalue weighted by Gasteiger charge is 2.20. The summed E-state index contributed by atoms with van der Waals surface area (Å²) < 4.78 is 7.43. The highest BCUT2D eigenvalue weighted by atomic mass is 16.3. The monoisotopic (exact) mass is 269 g/mol. The van der Waals surface area contributed by atoms with Gasteiger partial charge in [-0.15, -0.1) is 5.10 Å². The van der Waals surface area contributed by atoms with Crippen LogP contribution in [0, 0.1) is 0 Å². The molecule has 0 atom stereocenters. The molecule has 20 heavy (non-hydrogen) atoms. The summed E-state index contributed by atoms with van der Waals surface area (Å²) in [6.07, 6.45) is 4.48. The first-order chi connectivity index (χ1) is 9.87. The summed E-state index contributed by atoms with van der Waals surface area (Å²) in [5.74, 6) is 0.651. The molecule has 102 valence electrons. The van der Waals surface area contributed by atoms with Gasteiger partial charge in [0.05, 0.1) is 11.9 Å². The summed E-state index contributed by atoms with van der Waals surface area (Å²) in [5, 5.41) is 11.7. The molecule has 0 aliphatic heterocycles. The maximum absolute atomic E-state index is 5.67. The second-order valence-corrected chi connectivity index (χ2v) is 5.14. The maximum Gasteiger partial charge on any atom is 0.217 e. The van der Waals surface area contributed by atoms with E-state index in [1.807, 2.05) is 30.5 Å². The van der Waals surface area contributed by atoms with Crippen LogP contribution >= 0.6 is 0 Å². The molecule has 1 aliphatic carbocycles. The number of nitrogens with one attached hydrogen (secondary N) is 1. The zero-order valence-corrected chi connectivity index (χ0v) is 11.0. The molecule has 3 aromatic rings. The van der Waals surface area contributed by atoms with Crippen molar-refractivity contribution in [2.24, 2.45) is 0 Å². The molecule has 4 rings (SSSR count). The number of hydrogen-bond donors (Lipinski definition) is 1. The number of oxazole rings is 1. The summed E-state index contributed by atoms with van der Waals surface area (Å²) in [7, 11) is 0. The van der Waals surface area contributed by atoms with Crippen molar-refractivity contribution in [3.8, 4) is 0 Å². The summed E-state index contributed by atoms with van der Waals surface area (Å²) in [4.78, 5) is 4.43. The van der Waals surface area contributed by atoms with Gasteiger partial charge in [0.15, 0.2) is 5.58 Å². The highest BCUT2D eigenvalue weighted by Crippen LogP contribution is 2.19. The van der Waals surface area contributed by atoms with Crippen LogP contribution in [0.1, 0.15) is 24.4 Å². The van der Waals surface area contributed by atoms with Gasteiger partial charge in [-0.1, -0.05) is 17.3 Å². The quantitative estimate of drug-likeness (QED) is 0.763. The van der Waals surface area contributed by atoms with Crippen molar-refractivity contribution in [2.75, 3.05) is 0 Å². The van der Waals surface area contributed by atoms with Crippen molar-refractivity contribution in [3.63, 3.8) is 0 Å². The summed E-state index contributed by atoms with van der Waals surface area (Å²) in [6.45, 7) is 1.28. The molecule has 1 aliphatic rings. The third kappa shape index (κ3) is 2.42. The molecular weight excluding hydrogens is 254 g/mol. The number of para-hydroxylation sites is 2. The number of aromatic nitrogens is 4. The van der Waals surface area contributed by atoms with Crippen molar-refractivity contribution in [1.29, 1.82) is 0 Å². The third-order valence-electron chi connectivity index (χ3n) is 3.37. The molecule has 0 bridgehead atoms. The largest absolute Gasteiger partial charge is 0.439 e. The van der Waals surface area contributed by atoms with Crippen LogP contribution in [0.25, 0.3) is 11.1 Å². The van der Waals surface area contributed by atoms with E-state index in [4.69, 9.17) is 4.42 Å². The van der Waals surface area contributed by atoms with Gasteiger partial charge in [0.2, 0.25) is 5.89 Å². The van der Waals surface area contributed by atoms with Gasteiger partial charge in [-0.2, -0.15) is 0 Å². The number of benzene rings is 1. The fourth-order valence-electron chi connectivity index (χ4n) is 2.16. The Balaban J connectivity index is 1.47. The van der Waals surface area contributed by atoms with Crippen molar-refractivity contribution < 1.29 is 4.42 Å².